The molecule has 21 heavy (non-hydrogen) atoms. The average Bonchev–Trinajstić information content (AvgIpc) is 2.83. The lowest BCUT2D eigenvalue weighted by molar-refractivity contribution is 0.523. The molecule has 114 valence electrons. The van der Waals surface area contributed by atoms with Crippen LogP contribution in [0.25, 0.3) is 0 Å². The first-order valence-electron chi connectivity index (χ1n) is 7.51. The third kappa shape index (κ3) is 3.78. The Morgan fingerprint density at radius 3 is 2.43 bits per heavy atom. The first-order valence-corrected chi connectivity index (χ1v) is 9.22. The van der Waals surface area contributed by atoms with E-state index >= 15 is 0 Å². The molecule has 0 aliphatic carbocycles. The lowest BCUT2D eigenvalue weighted by atomic mass is 9.96. The van der Waals surface area contributed by atoms with Crippen molar-refractivity contribution in [3.63, 3.8) is 0 Å². The maximum absolute atomic E-state index is 4.69. The molecule has 0 N–H and O–H groups in total. The van der Waals surface area contributed by atoms with Gasteiger partial charge in [0.1, 0.15) is 0 Å². The van der Waals surface area contributed by atoms with Crippen LogP contribution in [0.3, 0.4) is 0 Å². The van der Waals surface area contributed by atoms with Crippen LogP contribution in [0.2, 0.25) is 0 Å². The van der Waals surface area contributed by atoms with E-state index in [2.05, 4.69) is 92.7 Å². The normalized spacial score (nSPS) is 14.1. The summed E-state index contributed by atoms with van der Waals surface area (Å²) in [5, 5.41) is 4.69. The number of benzene rings is 1. The lowest BCUT2D eigenvalue weighted by Crippen LogP contribution is -2.12. The zero-order valence-corrected chi connectivity index (χ0v) is 16.0. The van der Waals surface area contributed by atoms with E-state index in [1.807, 2.05) is 0 Å². The third-order valence-electron chi connectivity index (χ3n) is 3.83. The van der Waals surface area contributed by atoms with Crippen LogP contribution in [0, 0.1) is 5.92 Å². The van der Waals surface area contributed by atoms with E-state index in [1.165, 1.54) is 15.7 Å². The van der Waals surface area contributed by atoms with Gasteiger partial charge < -0.3 is 0 Å². The molecule has 0 spiro atoms. The third-order valence-corrected chi connectivity index (χ3v) is 6.17. The molecule has 1 heterocycles. The Morgan fingerprint density at radius 1 is 1.19 bits per heavy atom. The molecule has 0 aliphatic rings. The van der Waals surface area contributed by atoms with Gasteiger partial charge in [0.25, 0.3) is 0 Å². The number of halogens is 2. The summed E-state index contributed by atoms with van der Waals surface area (Å²) in [5.74, 6) is 0.496. The van der Waals surface area contributed by atoms with Crippen molar-refractivity contribution in [1.29, 1.82) is 0 Å². The second kappa shape index (κ2) is 7.59. The molecule has 2 atom stereocenters. The molecule has 0 bridgehead atoms. The molecule has 2 rings (SSSR count). The molecule has 2 unspecified atom stereocenters. The van der Waals surface area contributed by atoms with Gasteiger partial charge in [-0.3, -0.25) is 4.68 Å². The van der Waals surface area contributed by atoms with E-state index in [1.54, 1.807) is 0 Å². The van der Waals surface area contributed by atoms with Crippen LogP contribution in [0.1, 0.15) is 42.5 Å². The van der Waals surface area contributed by atoms with Crippen molar-refractivity contribution in [2.75, 3.05) is 0 Å². The molecule has 0 saturated carbocycles. The van der Waals surface area contributed by atoms with Crippen molar-refractivity contribution < 1.29 is 0 Å². The van der Waals surface area contributed by atoms with Crippen LogP contribution in [0.5, 0.6) is 0 Å². The highest BCUT2D eigenvalue weighted by molar-refractivity contribution is 9.10. The smallest absolute Gasteiger partial charge is 0.0766 e. The van der Waals surface area contributed by atoms with Crippen LogP contribution in [0.15, 0.2) is 34.8 Å². The average molecular weight is 414 g/mol. The van der Waals surface area contributed by atoms with Crippen LogP contribution in [-0.4, -0.2) is 9.78 Å². The number of nitrogens with zero attached hydrogens (tertiary/aromatic N) is 2. The van der Waals surface area contributed by atoms with Crippen molar-refractivity contribution in [2.24, 2.45) is 5.92 Å². The van der Waals surface area contributed by atoms with E-state index in [9.17, 15) is 0 Å². The second-order valence-corrected chi connectivity index (χ2v) is 7.15. The standard InChI is InChI=1S/C17H22Br2N2/c1-4-14-17(19)15(21(5-2)20-14)11-12(3)16(18)13-9-7-6-8-10-13/h6-10,12,16H,4-5,11H2,1-3H3. The first kappa shape index (κ1) is 16.8. The fourth-order valence-corrected chi connectivity index (χ4v) is 3.80. The molecule has 0 aliphatic heterocycles. The van der Waals surface area contributed by atoms with Gasteiger partial charge in [0.05, 0.1) is 15.9 Å². The molecule has 0 saturated heterocycles. The van der Waals surface area contributed by atoms with Crippen molar-refractivity contribution in [2.45, 2.75) is 45.0 Å². The Kier molecular flexibility index (Phi) is 6.06. The molecule has 1 aromatic heterocycles. The predicted octanol–water partition coefficient (Wildman–Crippen LogP) is 5.54. The van der Waals surface area contributed by atoms with Gasteiger partial charge in [-0.15, -0.1) is 0 Å². The largest absolute Gasteiger partial charge is 0.268 e. The van der Waals surface area contributed by atoms with Crippen LogP contribution >= 0.6 is 31.9 Å². The molecular weight excluding hydrogens is 392 g/mol. The van der Waals surface area contributed by atoms with Crippen LogP contribution < -0.4 is 0 Å². The van der Waals surface area contributed by atoms with E-state index in [0.717, 1.165) is 25.1 Å². The topological polar surface area (TPSA) is 17.8 Å². The first-order chi connectivity index (χ1) is 10.1. The molecule has 1 aromatic carbocycles. The number of hydrogen-bond acceptors (Lipinski definition) is 1. The number of alkyl halides is 1. The van der Waals surface area contributed by atoms with Gasteiger partial charge in [-0.25, -0.2) is 0 Å². The molecule has 2 aromatic rings. The van der Waals surface area contributed by atoms with Gasteiger partial charge in [0.2, 0.25) is 0 Å². The number of aryl methyl sites for hydroxylation is 2. The zero-order valence-electron chi connectivity index (χ0n) is 12.8. The van der Waals surface area contributed by atoms with Gasteiger partial charge in [-0.2, -0.15) is 5.10 Å². The Hall–Kier alpha value is -0.610. The Bertz CT molecular complexity index is 578. The summed E-state index contributed by atoms with van der Waals surface area (Å²) in [5.41, 5.74) is 3.80. The molecule has 0 amide bonds. The fourth-order valence-electron chi connectivity index (χ4n) is 2.59. The lowest BCUT2D eigenvalue weighted by Gasteiger charge is -2.19. The van der Waals surface area contributed by atoms with E-state index in [-0.39, 0.29) is 0 Å². The second-order valence-electron chi connectivity index (χ2n) is 5.37. The highest BCUT2D eigenvalue weighted by Crippen LogP contribution is 2.35. The van der Waals surface area contributed by atoms with Crippen LogP contribution in [-0.2, 0) is 19.4 Å². The summed E-state index contributed by atoms with van der Waals surface area (Å²) in [6.45, 7) is 7.50. The minimum Gasteiger partial charge on any atom is -0.268 e. The Labute approximate surface area is 144 Å². The van der Waals surface area contributed by atoms with Gasteiger partial charge in [0, 0.05) is 11.4 Å². The summed E-state index contributed by atoms with van der Waals surface area (Å²) in [4.78, 5) is 0.357. The van der Waals surface area contributed by atoms with Gasteiger partial charge in [-0.1, -0.05) is 60.1 Å². The van der Waals surface area contributed by atoms with E-state index < -0.39 is 0 Å². The summed E-state index contributed by atoms with van der Waals surface area (Å²) in [6, 6.07) is 10.6. The van der Waals surface area contributed by atoms with Gasteiger partial charge >= 0.3 is 0 Å². The number of hydrogen-bond donors (Lipinski definition) is 0. The Morgan fingerprint density at radius 2 is 1.86 bits per heavy atom. The maximum Gasteiger partial charge on any atom is 0.0766 e. The number of rotatable bonds is 6. The van der Waals surface area contributed by atoms with Crippen molar-refractivity contribution in [3.8, 4) is 0 Å². The highest BCUT2D eigenvalue weighted by Gasteiger charge is 2.21. The molecule has 0 radical (unpaired) electrons. The predicted molar refractivity (Wildman–Crippen MR) is 96.0 cm³/mol. The minimum atomic E-state index is 0.357. The summed E-state index contributed by atoms with van der Waals surface area (Å²) >= 11 is 7.60. The van der Waals surface area contributed by atoms with Crippen LogP contribution in [0.4, 0.5) is 0 Å². The van der Waals surface area contributed by atoms with E-state index in [4.69, 9.17) is 0 Å². The van der Waals surface area contributed by atoms with E-state index in [0.29, 0.717) is 10.7 Å². The molecule has 2 nitrogen and oxygen atoms in total. The van der Waals surface area contributed by atoms with Crippen molar-refractivity contribution in [3.05, 3.63) is 51.8 Å². The summed E-state index contributed by atoms with van der Waals surface area (Å²) < 4.78 is 3.32. The van der Waals surface area contributed by atoms with Crippen molar-refractivity contribution in [1.82, 2.24) is 9.78 Å². The zero-order chi connectivity index (χ0) is 15.4. The maximum atomic E-state index is 4.69. The van der Waals surface area contributed by atoms with Gasteiger partial charge in [-0.05, 0) is 47.2 Å². The van der Waals surface area contributed by atoms with Gasteiger partial charge in [0.15, 0.2) is 0 Å². The quantitative estimate of drug-likeness (QED) is 0.568. The SMILES string of the molecule is CCc1nn(CC)c(CC(C)C(Br)c2ccccc2)c1Br. The minimum absolute atomic E-state index is 0.357. The molecular formula is C17H22Br2N2. The molecule has 0 fully saturated rings. The van der Waals surface area contributed by atoms with Crippen molar-refractivity contribution >= 4 is 31.9 Å². The Balaban J connectivity index is 2.19. The number of aromatic nitrogens is 2. The highest BCUT2D eigenvalue weighted by atomic mass is 79.9. The summed E-state index contributed by atoms with van der Waals surface area (Å²) in [7, 11) is 0. The summed E-state index contributed by atoms with van der Waals surface area (Å²) in [6.07, 6.45) is 1.97. The fraction of sp³-hybridized carbons (Fsp3) is 0.471. The monoisotopic (exact) mass is 412 g/mol. The molecule has 4 heteroatoms.